The maximum absolute atomic E-state index is 13.4. The molecule has 2 heterocycles. The molecule has 1 N–H and O–H groups in total. The molecule has 0 fully saturated rings. The van der Waals surface area contributed by atoms with E-state index < -0.39 is 0 Å². The molecule has 0 spiro atoms. The van der Waals surface area contributed by atoms with Gasteiger partial charge in [-0.2, -0.15) is 0 Å². The van der Waals surface area contributed by atoms with Crippen LogP contribution in [0.3, 0.4) is 0 Å². The molecular formula is C15H16FN3. The van der Waals surface area contributed by atoms with E-state index >= 15 is 0 Å². The van der Waals surface area contributed by atoms with Gasteiger partial charge in [0.25, 0.3) is 0 Å². The smallest absolute Gasteiger partial charge is 0.151 e. The van der Waals surface area contributed by atoms with E-state index in [4.69, 9.17) is 0 Å². The molecule has 2 aromatic heterocycles. The summed E-state index contributed by atoms with van der Waals surface area (Å²) in [6.45, 7) is 6.26. The third kappa shape index (κ3) is 2.14. The predicted octanol–water partition coefficient (Wildman–Crippen LogP) is 3.84. The minimum atomic E-state index is -0.249. The summed E-state index contributed by atoms with van der Waals surface area (Å²) in [5, 5.41) is 3.39. The average molecular weight is 257 g/mol. The molecule has 4 heteroatoms. The highest BCUT2D eigenvalue weighted by molar-refractivity contribution is 5.84. The van der Waals surface area contributed by atoms with Crippen LogP contribution in [-0.4, -0.2) is 14.9 Å². The SMILES string of the molecule is CC(C)(C)Nc1nc2ccc(F)cc2n2cccc12. The van der Waals surface area contributed by atoms with Crippen molar-refractivity contribution in [3.05, 3.63) is 42.3 Å². The van der Waals surface area contributed by atoms with E-state index in [0.717, 1.165) is 22.4 Å². The van der Waals surface area contributed by atoms with E-state index in [2.05, 4.69) is 31.1 Å². The molecule has 0 saturated carbocycles. The number of nitrogens with zero attached hydrogens (tertiary/aromatic N) is 2. The van der Waals surface area contributed by atoms with Gasteiger partial charge in [0.2, 0.25) is 0 Å². The van der Waals surface area contributed by atoms with Gasteiger partial charge in [-0.1, -0.05) is 0 Å². The van der Waals surface area contributed by atoms with Gasteiger partial charge in [-0.15, -0.1) is 0 Å². The normalized spacial score (nSPS) is 12.2. The van der Waals surface area contributed by atoms with Crippen LogP contribution < -0.4 is 5.32 Å². The third-order valence-corrected chi connectivity index (χ3v) is 2.91. The lowest BCUT2D eigenvalue weighted by atomic mass is 10.1. The van der Waals surface area contributed by atoms with Gasteiger partial charge in [-0.25, -0.2) is 9.37 Å². The molecule has 0 unspecified atom stereocenters. The number of rotatable bonds is 1. The molecule has 0 saturated heterocycles. The molecule has 0 bridgehead atoms. The largest absolute Gasteiger partial charge is 0.364 e. The zero-order valence-electron chi connectivity index (χ0n) is 11.2. The van der Waals surface area contributed by atoms with Crippen LogP contribution in [-0.2, 0) is 0 Å². The molecule has 0 radical (unpaired) electrons. The number of fused-ring (bicyclic) bond motifs is 3. The highest BCUT2D eigenvalue weighted by Crippen LogP contribution is 2.25. The highest BCUT2D eigenvalue weighted by atomic mass is 19.1. The fourth-order valence-electron chi connectivity index (χ4n) is 2.19. The topological polar surface area (TPSA) is 29.3 Å². The van der Waals surface area contributed by atoms with Crippen molar-refractivity contribution in [3.63, 3.8) is 0 Å². The number of anilines is 1. The minimum absolute atomic E-state index is 0.0779. The Labute approximate surface area is 111 Å². The van der Waals surface area contributed by atoms with Crippen LogP contribution >= 0.6 is 0 Å². The molecule has 3 aromatic rings. The maximum atomic E-state index is 13.4. The van der Waals surface area contributed by atoms with Crippen molar-refractivity contribution < 1.29 is 4.39 Å². The Morgan fingerprint density at radius 3 is 2.68 bits per heavy atom. The summed E-state index contributed by atoms with van der Waals surface area (Å²) in [7, 11) is 0. The molecular weight excluding hydrogens is 241 g/mol. The van der Waals surface area contributed by atoms with Crippen molar-refractivity contribution >= 4 is 22.4 Å². The zero-order valence-corrected chi connectivity index (χ0v) is 11.2. The highest BCUT2D eigenvalue weighted by Gasteiger charge is 2.14. The number of aromatic nitrogens is 2. The molecule has 1 aromatic carbocycles. The first kappa shape index (κ1) is 12.0. The van der Waals surface area contributed by atoms with E-state index in [1.165, 1.54) is 12.1 Å². The maximum Gasteiger partial charge on any atom is 0.151 e. The van der Waals surface area contributed by atoms with Gasteiger partial charge in [0.15, 0.2) is 5.82 Å². The van der Waals surface area contributed by atoms with E-state index in [9.17, 15) is 4.39 Å². The van der Waals surface area contributed by atoms with Crippen molar-refractivity contribution in [2.45, 2.75) is 26.3 Å². The van der Waals surface area contributed by atoms with Crippen LogP contribution in [0.4, 0.5) is 10.2 Å². The molecule has 3 nitrogen and oxygen atoms in total. The van der Waals surface area contributed by atoms with Gasteiger partial charge in [0.05, 0.1) is 16.6 Å². The number of halogens is 1. The lowest BCUT2D eigenvalue weighted by Crippen LogP contribution is -2.27. The van der Waals surface area contributed by atoms with Crippen LogP contribution in [0.5, 0.6) is 0 Å². The van der Waals surface area contributed by atoms with E-state index in [0.29, 0.717) is 0 Å². The van der Waals surface area contributed by atoms with E-state index in [1.807, 2.05) is 22.7 Å². The van der Waals surface area contributed by atoms with Gasteiger partial charge in [0.1, 0.15) is 5.82 Å². The average Bonchev–Trinajstić information content (AvgIpc) is 2.77. The summed E-state index contributed by atoms with van der Waals surface area (Å²) in [6, 6.07) is 8.57. The van der Waals surface area contributed by atoms with Gasteiger partial charge < -0.3 is 9.72 Å². The van der Waals surface area contributed by atoms with Crippen LogP contribution in [0.2, 0.25) is 0 Å². The van der Waals surface area contributed by atoms with Crippen LogP contribution in [0.25, 0.3) is 16.6 Å². The second-order valence-corrected chi connectivity index (χ2v) is 5.73. The van der Waals surface area contributed by atoms with Crippen molar-refractivity contribution in [3.8, 4) is 0 Å². The summed E-state index contributed by atoms with van der Waals surface area (Å²) in [6.07, 6.45) is 1.92. The Bertz CT molecular complexity index is 753. The summed E-state index contributed by atoms with van der Waals surface area (Å²) >= 11 is 0. The van der Waals surface area contributed by atoms with Crippen molar-refractivity contribution in [2.75, 3.05) is 5.32 Å². The summed E-state index contributed by atoms with van der Waals surface area (Å²) < 4.78 is 15.3. The number of hydrogen-bond donors (Lipinski definition) is 1. The summed E-state index contributed by atoms with van der Waals surface area (Å²) in [5.74, 6) is 0.567. The summed E-state index contributed by atoms with van der Waals surface area (Å²) in [5.41, 5.74) is 2.43. The standard InChI is InChI=1S/C15H16FN3/c1-15(2,3)18-14-12-5-4-8-19(12)13-9-10(16)6-7-11(13)17-14/h4-9H,1-3H3,(H,17,18). The Morgan fingerprint density at radius 2 is 1.95 bits per heavy atom. The molecule has 0 aliphatic heterocycles. The van der Waals surface area contributed by atoms with Crippen LogP contribution in [0.15, 0.2) is 36.5 Å². The first-order valence-electron chi connectivity index (χ1n) is 6.28. The lowest BCUT2D eigenvalue weighted by Gasteiger charge is -2.22. The number of hydrogen-bond acceptors (Lipinski definition) is 2. The summed E-state index contributed by atoms with van der Waals surface area (Å²) in [4.78, 5) is 4.60. The monoisotopic (exact) mass is 257 g/mol. The first-order valence-corrected chi connectivity index (χ1v) is 6.28. The van der Waals surface area contributed by atoms with Crippen LogP contribution in [0, 0.1) is 5.82 Å². The van der Waals surface area contributed by atoms with Crippen molar-refractivity contribution in [2.24, 2.45) is 0 Å². The molecule has 19 heavy (non-hydrogen) atoms. The fraction of sp³-hybridized carbons (Fsp3) is 0.267. The molecule has 98 valence electrons. The number of benzene rings is 1. The predicted molar refractivity (Wildman–Crippen MR) is 76.0 cm³/mol. The first-order chi connectivity index (χ1) is 8.94. The van der Waals surface area contributed by atoms with Gasteiger partial charge in [0, 0.05) is 17.8 Å². The number of nitrogens with one attached hydrogen (secondary N) is 1. The second kappa shape index (κ2) is 3.95. The quantitative estimate of drug-likeness (QED) is 0.717. The second-order valence-electron chi connectivity index (χ2n) is 5.73. The van der Waals surface area contributed by atoms with Gasteiger partial charge in [-0.3, -0.25) is 0 Å². The Hall–Kier alpha value is -2.10. The lowest BCUT2D eigenvalue weighted by molar-refractivity contribution is 0.627. The Morgan fingerprint density at radius 1 is 1.16 bits per heavy atom. The third-order valence-electron chi connectivity index (χ3n) is 2.91. The molecule has 0 aliphatic rings. The zero-order chi connectivity index (χ0) is 13.6. The Kier molecular flexibility index (Phi) is 2.49. The van der Waals surface area contributed by atoms with E-state index in [-0.39, 0.29) is 11.4 Å². The van der Waals surface area contributed by atoms with E-state index in [1.54, 1.807) is 6.07 Å². The molecule has 3 rings (SSSR count). The Balaban J connectivity index is 2.32. The molecule has 0 amide bonds. The minimum Gasteiger partial charge on any atom is -0.364 e. The fourth-order valence-corrected chi connectivity index (χ4v) is 2.19. The van der Waals surface area contributed by atoms with Crippen molar-refractivity contribution in [1.29, 1.82) is 0 Å². The van der Waals surface area contributed by atoms with Gasteiger partial charge >= 0.3 is 0 Å². The molecule has 0 aliphatic carbocycles. The molecule has 0 atom stereocenters. The van der Waals surface area contributed by atoms with Crippen molar-refractivity contribution in [1.82, 2.24) is 9.38 Å². The van der Waals surface area contributed by atoms with Crippen LogP contribution in [0.1, 0.15) is 20.8 Å². The van der Waals surface area contributed by atoms with Gasteiger partial charge in [-0.05, 0) is 45.0 Å².